The van der Waals surface area contributed by atoms with Crippen molar-refractivity contribution in [2.75, 3.05) is 0 Å². The number of benzene rings is 1. The molecule has 0 spiro atoms. The summed E-state index contributed by atoms with van der Waals surface area (Å²) in [5, 5.41) is 7.67. The molecule has 0 aliphatic rings. The summed E-state index contributed by atoms with van der Waals surface area (Å²) in [5.74, 6) is 0. The highest BCUT2D eigenvalue weighted by Crippen LogP contribution is 2.16. The van der Waals surface area contributed by atoms with Crippen LogP contribution in [0.3, 0.4) is 0 Å². The van der Waals surface area contributed by atoms with Crippen molar-refractivity contribution in [2.45, 2.75) is 6.92 Å². The van der Waals surface area contributed by atoms with Crippen LogP contribution in [0.25, 0.3) is 5.69 Å². The highest BCUT2D eigenvalue weighted by Gasteiger charge is 2.03. The quantitative estimate of drug-likeness (QED) is 0.763. The van der Waals surface area contributed by atoms with Gasteiger partial charge in [-0.1, -0.05) is 18.2 Å². The van der Waals surface area contributed by atoms with Gasteiger partial charge in [-0.05, 0) is 34.5 Å². The molecule has 13 heavy (non-hydrogen) atoms. The lowest BCUT2D eigenvalue weighted by Gasteiger charge is -2.05. The second-order valence-electron chi connectivity index (χ2n) is 2.76. The molecule has 4 heteroatoms. The first-order valence-electron chi connectivity index (χ1n) is 3.90. The van der Waals surface area contributed by atoms with Crippen LogP contribution >= 0.6 is 15.9 Å². The maximum atomic E-state index is 3.86. The van der Waals surface area contributed by atoms with Gasteiger partial charge in [0.25, 0.3) is 0 Å². The van der Waals surface area contributed by atoms with Crippen molar-refractivity contribution < 1.29 is 0 Å². The largest absolute Gasteiger partial charge is 0.276 e. The van der Waals surface area contributed by atoms with Crippen molar-refractivity contribution in [1.29, 1.82) is 0 Å². The zero-order chi connectivity index (χ0) is 9.26. The molecule has 0 fully saturated rings. The van der Waals surface area contributed by atoms with Crippen molar-refractivity contribution in [3.05, 3.63) is 40.9 Å². The molecule has 2 aromatic rings. The molecule has 0 N–H and O–H groups in total. The van der Waals surface area contributed by atoms with Crippen LogP contribution in [0.2, 0.25) is 0 Å². The van der Waals surface area contributed by atoms with Crippen molar-refractivity contribution in [3.63, 3.8) is 0 Å². The average molecular weight is 238 g/mol. The van der Waals surface area contributed by atoms with Gasteiger partial charge in [-0.2, -0.15) is 0 Å². The summed E-state index contributed by atoms with van der Waals surface area (Å²) in [5.41, 5.74) is 2.29. The molecule has 2 rings (SSSR count). The lowest BCUT2D eigenvalue weighted by Crippen LogP contribution is -1.94. The van der Waals surface area contributed by atoms with E-state index in [4.69, 9.17) is 0 Å². The van der Waals surface area contributed by atoms with Crippen LogP contribution in [0.5, 0.6) is 0 Å². The lowest BCUT2D eigenvalue weighted by molar-refractivity contribution is 1.000. The Morgan fingerprint density at radius 1 is 1.31 bits per heavy atom. The smallest absolute Gasteiger partial charge is 0.204 e. The highest BCUT2D eigenvalue weighted by molar-refractivity contribution is 9.10. The molecule has 3 nitrogen and oxygen atoms in total. The summed E-state index contributed by atoms with van der Waals surface area (Å²) >= 11 is 3.33. The second-order valence-corrected chi connectivity index (χ2v) is 3.47. The molecule has 0 atom stereocenters. The second kappa shape index (κ2) is 3.30. The average Bonchev–Trinajstić information content (AvgIpc) is 2.52. The number of rotatable bonds is 1. The van der Waals surface area contributed by atoms with E-state index in [1.807, 2.05) is 22.8 Å². The van der Waals surface area contributed by atoms with Crippen LogP contribution in [0, 0.1) is 6.92 Å². The topological polar surface area (TPSA) is 30.7 Å². The fraction of sp³-hybridized carbons (Fsp3) is 0.111. The van der Waals surface area contributed by atoms with Crippen LogP contribution in [-0.4, -0.2) is 14.8 Å². The van der Waals surface area contributed by atoms with Crippen LogP contribution in [-0.2, 0) is 0 Å². The first-order chi connectivity index (χ1) is 6.29. The first-order valence-corrected chi connectivity index (χ1v) is 4.70. The van der Waals surface area contributed by atoms with Gasteiger partial charge in [0.2, 0.25) is 4.73 Å². The summed E-state index contributed by atoms with van der Waals surface area (Å²) in [6.07, 6.45) is 1.69. The van der Waals surface area contributed by atoms with Crippen LogP contribution < -0.4 is 0 Å². The van der Waals surface area contributed by atoms with E-state index in [2.05, 4.69) is 39.1 Å². The summed E-state index contributed by atoms with van der Waals surface area (Å²) in [7, 11) is 0. The van der Waals surface area contributed by atoms with Crippen LogP contribution in [0.4, 0.5) is 0 Å². The number of halogens is 1. The summed E-state index contributed by atoms with van der Waals surface area (Å²) in [4.78, 5) is 0. The molecule has 1 heterocycles. The number of aryl methyl sites for hydroxylation is 1. The Hall–Kier alpha value is -1.16. The Balaban J connectivity index is 2.59. The minimum Gasteiger partial charge on any atom is -0.276 e. The van der Waals surface area contributed by atoms with Gasteiger partial charge in [-0.25, -0.2) is 0 Å². The molecule has 0 saturated carbocycles. The van der Waals surface area contributed by atoms with Gasteiger partial charge in [-0.15, -0.1) is 10.2 Å². The van der Waals surface area contributed by atoms with Gasteiger partial charge in [0.1, 0.15) is 6.33 Å². The molecule has 0 bridgehead atoms. The molecule has 0 radical (unpaired) electrons. The van der Waals surface area contributed by atoms with E-state index in [1.165, 1.54) is 5.56 Å². The number of para-hydroxylation sites is 1. The molecule has 0 amide bonds. The molecular weight excluding hydrogens is 230 g/mol. The van der Waals surface area contributed by atoms with E-state index >= 15 is 0 Å². The van der Waals surface area contributed by atoms with E-state index in [9.17, 15) is 0 Å². The van der Waals surface area contributed by atoms with E-state index < -0.39 is 0 Å². The molecule has 1 aromatic carbocycles. The van der Waals surface area contributed by atoms with Gasteiger partial charge < -0.3 is 0 Å². The maximum Gasteiger partial charge on any atom is 0.204 e. The highest BCUT2D eigenvalue weighted by atomic mass is 79.9. The fourth-order valence-corrected chi connectivity index (χ4v) is 1.59. The molecule has 0 aliphatic carbocycles. The maximum absolute atomic E-state index is 3.86. The van der Waals surface area contributed by atoms with Gasteiger partial charge in [0.05, 0.1) is 5.69 Å². The van der Waals surface area contributed by atoms with Gasteiger partial charge in [0.15, 0.2) is 0 Å². The third-order valence-electron chi connectivity index (χ3n) is 1.88. The van der Waals surface area contributed by atoms with E-state index in [-0.39, 0.29) is 0 Å². The Labute approximate surface area is 84.5 Å². The Morgan fingerprint density at radius 2 is 2.08 bits per heavy atom. The SMILES string of the molecule is Cc1ccccc1-n1cnnc1Br. The van der Waals surface area contributed by atoms with Crippen molar-refractivity contribution in [1.82, 2.24) is 14.8 Å². The number of hydrogen-bond acceptors (Lipinski definition) is 2. The summed E-state index contributed by atoms with van der Waals surface area (Å²) in [6, 6.07) is 8.09. The normalized spacial score (nSPS) is 10.3. The number of hydrogen-bond donors (Lipinski definition) is 0. The third-order valence-corrected chi connectivity index (χ3v) is 2.42. The molecule has 0 saturated heterocycles. The zero-order valence-electron chi connectivity index (χ0n) is 7.11. The minimum absolute atomic E-state index is 0.724. The van der Waals surface area contributed by atoms with Crippen molar-refractivity contribution in [3.8, 4) is 5.69 Å². The van der Waals surface area contributed by atoms with E-state index in [0.717, 1.165) is 10.4 Å². The Bertz CT molecular complexity index is 422. The number of aromatic nitrogens is 3. The lowest BCUT2D eigenvalue weighted by atomic mass is 10.2. The van der Waals surface area contributed by atoms with Gasteiger partial charge in [-0.3, -0.25) is 4.57 Å². The predicted octanol–water partition coefficient (Wildman–Crippen LogP) is 2.34. The summed E-state index contributed by atoms with van der Waals surface area (Å²) < 4.78 is 2.62. The van der Waals surface area contributed by atoms with Crippen LogP contribution in [0.1, 0.15) is 5.56 Å². The first kappa shape index (κ1) is 8.44. The molecule has 66 valence electrons. The van der Waals surface area contributed by atoms with E-state index in [0.29, 0.717) is 0 Å². The Kier molecular flexibility index (Phi) is 2.14. The molecule has 0 aliphatic heterocycles. The van der Waals surface area contributed by atoms with Crippen molar-refractivity contribution in [2.24, 2.45) is 0 Å². The molecule has 1 aromatic heterocycles. The summed E-state index contributed by atoms with van der Waals surface area (Å²) in [6.45, 7) is 2.06. The van der Waals surface area contributed by atoms with Crippen molar-refractivity contribution >= 4 is 15.9 Å². The molecular formula is C9H8BrN3. The number of nitrogens with zero attached hydrogens (tertiary/aromatic N) is 3. The monoisotopic (exact) mass is 237 g/mol. The van der Waals surface area contributed by atoms with Gasteiger partial charge >= 0.3 is 0 Å². The predicted molar refractivity (Wildman–Crippen MR) is 53.8 cm³/mol. The van der Waals surface area contributed by atoms with E-state index in [1.54, 1.807) is 6.33 Å². The Morgan fingerprint density at radius 3 is 2.69 bits per heavy atom. The van der Waals surface area contributed by atoms with Crippen LogP contribution in [0.15, 0.2) is 35.3 Å². The minimum atomic E-state index is 0.724. The zero-order valence-corrected chi connectivity index (χ0v) is 8.69. The van der Waals surface area contributed by atoms with Gasteiger partial charge in [0, 0.05) is 0 Å². The third kappa shape index (κ3) is 1.49. The standard InChI is InChI=1S/C9H8BrN3/c1-7-4-2-3-5-8(7)13-6-11-12-9(13)10/h2-6H,1H3. The fourth-order valence-electron chi connectivity index (χ4n) is 1.22. The molecule has 0 unspecified atom stereocenters.